The molecule has 0 atom stereocenters. The van der Waals surface area contributed by atoms with Gasteiger partial charge in [-0.25, -0.2) is 4.98 Å². The third kappa shape index (κ3) is 6.37. The molecule has 0 bridgehead atoms. The first-order chi connectivity index (χ1) is 12.6. The van der Waals surface area contributed by atoms with Crippen molar-refractivity contribution in [2.45, 2.75) is 12.6 Å². The van der Waals surface area contributed by atoms with Crippen LogP contribution in [0.5, 0.6) is 0 Å². The lowest BCUT2D eigenvalue weighted by molar-refractivity contribution is -0.173. The fourth-order valence-electron chi connectivity index (χ4n) is 2.01. The lowest BCUT2D eigenvalue weighted by atomic mass is 10.1. The van der Waals surface area contributed by atoms with Gasteiger partial charge in [0.2, 0.25) is 5.78 Å². The summed E-state index contributed by atoms with van der Waals surface area (Å²) in [5, 5.41) is 4.07. The minimum Gasteiger partial charge on any atom is -0.341 e. The Labute approximate surface area is 156 Å². The van der Waals surface area contributed by atoms with Crippen molar-refractivity contribution < 1.29 is 27.6 Å². The van der Waals surface area contributed by atoms with Crippen LogP contribution in [-0.2, 0) is 20.8 Å². The molecule has 2 amide bonds. The molecule has 1 heterocycles. The Kier molecular flexibility index (Phi) is 6.51. The summed E-state index contributed by atoms with van der Waals surface area (Å²) in [5.41, 5.74) is 1.77. The van der Waals surface area contributed by atoms with E-state index in [1.807, 2.05) is 12.1 Å². The molecule has 0 radical (unpaired) electrons. The van der Waals surface area contributed by atoms with Crippen LogP contribution in [0.1, 0.15) is 11.1 Å². The molecule has 0 spiro atoms. The normalized spacial score (nSPS) is 11.0. The second-order valence-electron chi connectivity index (χ2n) is 5.42. The molecule has 142 valence electrons. The number of rotatable bonds is 6. The first-order valence-electron chi connectivity index (χ1n) is 7.54. The number of anilines is 1. The van der Waals surface area contributed by atoms with Crippen LogP contribution in [0.2, 0.25) is 5.02 Å². The van der Waals surface area contributed by atoms with Crippen molar-refractivity contribution in [3.05, 3.63) is 58.7 Å². The lowest BCUT2D eigenvalue weighted by Crippen LogP contribution is -2.42. The maximum Gasteiger partial charge on any atom is 0.471 e. The second-order valence-corrected chi connectivity index (χ2v) is 5.85. The van der Waals surface area contributed by atoms with Gasteiger partial charge in [0.15, 0.2) is 0 Å². The van der Waals surface area contributed by atoms with Gasteiger partial charge in [-0.15, -0.1) is 0 Å². The van der Waals surface area contributed by atoms with E-state index in [0.29, 0.717) is 11.4 Å². The number of ketones is 1. The topological polar surface area (TPSA) is 88.2 Å². The van der Waals surface area contributed by atoms with Gasteiger partial charge >= 0.3 is 12.1 Å². The molecule has 0 saturated carbocycles. The molecule has 0 aliphatic rings. The highest BCUT2D eigenvalue weighted by Gasteiger charge is 2.38. The summed E-state index contributed by atoms with van der Waals surface area (Å²) in [7, 11) is 0. The lowest BCUT2D eigenvalue weighted by Gasteiger charge is -2.08. The zero-order chi connectivity index (χ0) is 20.0. The van der Waals surface area contributed by atoms with Gasteiger partial charge in [0.1, 0.15) is 5.82 Å². The van der Waals surface area contributed by atoms with Crippen molar-refractivity contribution in [1.29, 1.82) is 0 Å². The Morgan fingerprint density at radius 3 is 2.41 bits per heavy atom. The van der Waals surface area contributed by atoms with E-state index in [1.165, 1.54) is 17.6 Å². The molecule has 0 unspecified atom stereocenters. The van der Waals surface area contributed by atoms with Gasteiger partial charge in [-0.3, -0.25) is 14.4 Å². The number of hydrogen-bond donors (Lipinski definition) is 2. The standard InChI is InChI=1S/C17H13ClF3N3O3/c18-12-3-1-2-10(7-12)6-11-4-5-14(22-8-11)24-15(26)13(25)9-23-16(27)17(19,20)21/h1-5,7-8H,6,9H2,(H,23,27)(H,22,24,26). The van der Waals surface area contributed by atoms with Gasteiger partial charge in [0.25, 0.3) is 5.91 Å². The van der Waals surface area contributed by atoms with Gasteiger partial charge in [-0.05, 0) is 35.7 Å². The highest BCUT2D eigenvalue weighted by Crippen LogP contribution is 2.15. The summed E-state index contributed by atoms with van der Waals surface area (Å²) in [6.07, 6.45) is -3.10. The monoisotopic (exact) mass is 399 g/mol. The van der Waals surface area contributed by atoms with Crippen molar-refractivity contribution >= 4 is 35.0 Å². The zero-order valence-corrected chi connectivity index (χ0v) is 14.4. The van der Waals surface area contributed by atoms with Crippen molar-refractivity contribution in [2.75, 3.05) is 11.9 Å². The van der Waals surface area contributed by atoms with Gasteiger partial charge < -0.3 is 10.6 Å². The molecule has 0 aliphatic heterocycles. The maximum absolute atomic E-state index is 12.0. The summed E-state index contributed by atoms with van der Waals surface area (Å²) in [4.78, 5) is 37.7. The maximum atomic E-state index is 12.0. The summed E-state index contributed by atoms with van der Waals surface area (Å²) < 4.78 is 36.1. The highest BCUT2D eigenvalue weighted by molar-refractivity contribution is 6.41. The van der Waals surface area contributed by atoms with E-state index in [0.717, 1.165) is 11.1 Å². The Morgan fingerprint density at radius 1 is 1.07 bits per heavy atom. The third-order valence-corrected chi connectivity index (χ3v) is 3.52. The molecule has 2 rings (SSSR count). The number of Topliss-reactive ketones (excluding diaryl/α,β-unsaturated/α-hetero) is 1. The Bertz CT molecular complexity index is 854. The van der Waals surface area contributed by atoms with Gasteiger partial charge in [0.05, 0.1) is 6.54 Å². The second kappa shape index (κ2) is 8.63. The quantitative estimate of drug-likeness (QED) is 0.731. The predicted molar refractivity (Wildman–Crippen MR) is 91.2 cm³/mol. The molecule has 0 aliphatic carbocycles. The number of nitrogens with zero attached hydrogens (tertiary/aromatic N) is 1. The average molecular weight is 400 g/mol. The SMILES string of the molecule is O=C(CNC(=O)C(F)(F)F)C(=O)Nc1ccc(Cc2cccc(Cl)c2)cn1. The fraction of sp³-hybridized carbons (Fsp3) is 0.176. The first-order valence-corrected chi connectivity index (χ1v) is 7.91. The predicted octanol–water partition coefficient (Wildman–Crippen LogP) is 2.51. The van der Waals surface area contributed by atoms with Crippen LogP contribution in [0.25, 0.3) is 0 Å². The number of amides is 2. The van der Waals surface area contributed by atoms with Gasteiger partial charge in [0, 0.05) is 11.2 Å². The van der Waals surface area contributed by atoms with E-state index >= 15 is 0 Å². The van der Waals surface area contributed by atoms with E-state index in [2.05, 4.69) is 10.3 Å². The Balaban J connectivity index is 1.89. The van der Waals surface area contributed by atoms with Crippen molar-refractivity contribution in [1.82, 2.24) is 10.3 Å². The van der Waals surface area contributed by atoms with E-state index < -0.39 is 30.3 Å². The number of aromatic nitrogens is 1. The number of pyridine rings is 1. The molecule has 27 heavy (non-hydrogen) atoms. The number of hydrogen-bond acceptors (Lipinski definition) is 4. The molecule has 0 saturated heterocycles. The number of benzene rings is 1. The van der Waals surface area contributed by atoms with E-state index in [-0.39, 0.29) is 5.82 Å². The number of nitrogens with one attached hydrogen (secondary N) is 2. The molecule has 10 heteroatoms. The van der Waals surface area contributed by atoms with Crippen LogP contribution in [0, 0.1) is 0 Å². The van der Waals surface area contributed by atoms with E-state index in [9.17, 15) is 27.6 Å². The summed E-state index contributed by atoms with van der Waals surface area (Å²) >= 11 is 5.91. The third-order valence-electron chi connectivity index (χ3n) is 3.28. The average Bonchev–Trinajstić information content (AvgIpc) is 2.60. The van der Waals surface area contributed by atoms with Crippen LogP contribution >= 0.6 is 11.6 Å². The van der Waals surface area contributed by atoms with Crippen LogP contribution in [0.4, 0.5) is 19.0 Å². The van der Waals surface area contributed by atoms with Crippen molar-refractivity contribution in [2.24, 2.45) is 0 Å². The Morgan fingerprint density at radius 2 is 1.81 bits per heavy atom. The Hall–Kier alpha value is -2.94. The minimum absolute atomic E-state index is 0.0466. The molecule has 0 fully saturated rings. The number of alkyl halides is 3. The fourth-order valence-corrected chi connectivity index (χ4v) is 2.23. The molecule has 1 aromatic carbocycles. The summed E-state index contributed by atoms with van der Waals surface area (Å²) in [5.74, 6) is -4.68. The molecular formula is C17H13ClF3N3O3. The molecule has 2 N–H and O–H groups in total. The number of carbonyl (C=O) groups is 3. The van der Waals surface area contributed by atoms with Crippen LogP contribution in [-0.4, -0.2) is 35.3 Å². The van der Waals surface area contributed by atoms with E-state index in [4.69, 9.17) is 11.6 Å². The van der Waals surface area contributed by atoms with Crippen molar-refractivity contribution in [3.63, 3.8) is 0 Å². The van der Waals surface area contributed by atoms with Crippen LogP contribution in [0.3, 0.4) is 0 Å². The largest absolute Gasteiger partial charge is 0.471 e. The smallest absolute Gasteiger partial charge is 0.341 e. The highest BCUT2D eigenvalue weighted by atomic mass is 35.5. The van der Waals surface area contributed by atoms with Gasteiger partial charge in [-0.1, -0.05) is 29.8 Å². The molecular weight excluding hydrogens is 387 g/mol. The van der Waals surface area contributed by atoms with E-state index in [1.54, 1.807) is 18.2 Å². The van der Waals surface area contributed by atoms with Crippen LogP contribution in [0.15, 0.2) is 42.6 Å². The first kappa shape index (κ1) is 20.4. The van der Waals surface area contributed by atoms with Crippen LogP contribution < -0.4 is 10.6 Å². The minimum atomic E-state index is -5.13. The summed E-state index contributed by atoms with van der Waals surface area (Å²) in [6.45, 7) is -1.07. The number of carbonyl (C=O) groups excluding carboxylic acids is 3. The zero-order valence-electron chi connectivity index (χ0n) is 13.6. The molecule has 2 aromatic rings. The summed E-state index contributed by atoms with van der Waals surface area (Å²) in [6, 6.07) is 10.3. The molecule has 1 aromatic heterocycles. The number of halogens is 4. The van der Waals surface area contributed by atoms with Crippen molar-refractivity contribution in [3.8, 4) is 0 Å². The van der Waals surface area contributed by atoms with Gasteiger partial charge in [-0.2, -0.15) is 13.2 Å². The molecule has 6 nitrogen and oxygen atoms in total.